The van der Waals surface area contributed by atoms with E-state index in [1.807, 2.05) is 0 Å². The molecule has 0 aliphatic carbocycles. The number of rotatable bonds is 3. The molecule has 0 unspecified atom stereocenters. The van der Waals surface area contributed by atoms with Crippen molar-refractivity contribution in [3.8, 4) is 11.5 Å². The highest BCUT2D eigenvalue weighted by atomic mass is 32.2. The van der Waals surface area contributed by atoms with Crippen molar-refractivity contribution >= 4 is 16.1 Å². The molecule has 1 aliphatic heterocycles. The third-order valence-corrected chi connectivity index (χ3v) is 4.26. The molecule has 0 bridgehead atoms. The number of ether oxygens (including phenoxy) is 2. The Kier molecular flexibility index (Phi) is 2.56. The van der Waals surface area contributed by atoms with Crippen LogP contribution < -0.4 is 9.47 Å². The molecular formula is C12H8O6S. The molecule has 2 aromatic rings. The fraction of sp³-hybridized carbons (Fsp3) is 0.0833. The summed E-state index contributed by atoms with van der Waals surface area (Å²) in [6.07, 6.45) is 0.443. The van der Waals surface area contributed by atoms with Crippen molar-refractivity contribution in [3.63, 3.8) is 0 Å². The average Bonchev–Trinajstić information content (AvgIpc) is 3.06. The van der Waals surface area contributed by atoms with Gasteiger partial charge in [0, 0.05) is 6.07 Å². The van der Waals surface area contributed by atoms with E-state index in [1.165, 1.54) is 30.3 Å². The minimum absolute atomic E-state index is 0.0172. The number of benzene rings is 1. The first-order valence-electron chi connectivity index (χ1n) is 5.31. The summed E-state index contributed by atoms with van der Waals surface area (Å²) >= 11 is 0. The van der Waals surface area contributed by atoms with Crippen LogP contribution in [0.15, 0.2) is 44.7 Å². The summed E-state index contributed by atoms with van der Waals surface area (Å²) in [5, 5.41) is -0.284. The van der Waals surface area contributed by atoms with Crippen LogP contribution in [0.2, 0.25) is 0 Å². The van der Waals surface area contributed by atoms with E-state index < -0.39 is 9.84 Å². The van der Waals surface area contributed by atoms with Gasteiger partial charge in [-0.3, -0.25) is 4.79 Å². The number of aldehydes is 1. The lowest BCUT2D eigenvalue weighted by molar-refractivity contribution is 0.109. The van der Waals surface area contributed by atoms with Crippen molar-refractivity contribution in [1.29, 1.82) is 0 Å². The SMILES string of the molecule is O=Cc1ccc(S(=O)(=O)c2ccc3c(c2)OCO3)o1. The molecule has 1 aromatic carbocycles. The Hall–Kier alpha value is -2.28. The fourth-order valence-corrected chi connectivity index (χ4v) is 2.90. The van der Waals surface area contributed by atoms with Crippen LogP contribution in [-0.4, -0.2) is 21.5 Å². The van der Waals surface area contributed by atoms with E-state index in [2.05, 4.69) is 0 Å². The molecule has 98 valence electrons. The quantitative estimate of drug-likeness (QED) is 0.795. The molecule has 3 rings (SSSR count). The summed E-state index contributed by atoms with van der Waals surface area (Å²) < 4.78 is 39.7. The van der Waals surface area contributed by atoms with E-state index in [1.54, 1.807) is 0 Å². The number of carbonyl (C=O) groups excluding carboxylic acids is 1. The number of fused-ring (bicyclic) bond motifs is 1. The maximum atomic E-state index is 12.3. The lowest BCUT2D eigenvalue weighted by Crippen LogP contribution is -2.00. The number of hydrogen-bond acceptors (Lipinski definition) is 6. The van der Waals surface area contributed by atoms with Gasteiger partial charge in [0.1, 0.15) is 0 Å². The van der Waals surface area contributed by atoms with E-state index in [0.29, 0.717) is 17.8 Å². The zero-order valence-electron chi connectivity index (χ0n) is 9.53. The molecule has 1 aromatic heterocycles. The van der Waals surface area contributed by atoms with Gasteiger partial charge in [0.25, 0.3) is 0 Å². The Morgan fingerprint density at radius 2 is 1.84 bits per heavy atom. The highest BCUT2D eigenvalue weighted by molar-refractivity contribution is 7.91. The molecule has 19 heavy (non-hydrogen) atoms. The largest absolute Gasteiger partial charge is 0.454 e. The predicted molar refractivity (Wildman–Crippen MR) is 62.1 cm³/mol. The molecule has 0 amide bonds. The van der Waals surface area contributed by atoms with Crippen molar-refractivity contribution in [1.82, 2.24) is 0 Å². The maximum absolute atomic E-state index is 12.3. The average molecular weight is 280 g/mol. The van der Waals surface area contributed by atoms with Crippen LogP contribution in [0.4, 0.5) is 0 Å². The second-order valence-corrected chi connectivity index (χ2v) is 5.67. The minimum atomic E-state index is -3.81. The first-order valence-corrected chi connectivity index (χ1v) is 6.79. The molecule has 0 fully saturated rings. The Balaban J connectivity index is 2.07. The van der Waals surface area contributed by atoms with Gasteiger partial charge in [-0.05, 0) is 24.3 Å². The van der Waals surface area contributed by atoms with E-state index in [4.69, 9.17) is 13.9 Å². The van der Waals surface area contributed by atoms with Crippen molar-refractivity contribution in [2.45, 2.75) is 9.99 Å². The first-order chi connectivity index (χ1) is 9.11. The summed E-state index contributed by atoms with van der Waals surface area (Å²) in [6.45, 7) is 0.0644. The number of sulfone groups is 1. The summed E-state index contributed by atoms with van der Waals surface area (Å²) in [6, 6.07) is 6.81. The number of carbonyl (C=O) groups is 1. The summed E-state index contributed by atoms with van der Waals surface area (Å²) in [7, 11) is -3.81. The maximum Gasteiger partial charge on any atom is 0.239 e. The first kappa shape index (κ1) is 11.8. The normalized spacial score (nSPS) is 13.5. The summed E-state index contributed by atoms with van der Waals surface area (Å²) in [4.78, 5) is 10.5. The van der Waals surface area contributed by atoms with Gasteiger partial charge >= 0.3 is 0 Å². The number of hydrogen-bond donors (Lipinski definition) is 0. The lowest BCUT2D eigenvalue weighted by Gasteiger charge is -2.02. The molecule has 0 N–H and O–H groups in total. The van der Waals surface area contributed by atoms with Gasteiger partial charge in [-0.15, -0.1) is 0 Å². The number of furan rings is 1. The van der Waals surface area contributed by atoms with Crippen LogP contribution in [0.1, 0.15) is 10.6 Å². The van der Waals surface area contributed by atoms with E-state index in [9.17, 15) is 13.2 Å². The van der Waals surface area contributed by atoms with E-state index >= 15 is 0 Å². The van der Waals surface area contributed by atoms with Gasteiger partial charge < -0.3 is 13.9 Å². The minimum Gasteiger partial charge on any atom is -0.454 e. The van der Waals surface area contributed by atoms with Gasteiger partial charge in [-0.2, -0.15) is 0 Å². The molecule has 0 saturated carbocycles. The highest BCUT2D eigenvalue weighted by Crippen LogP contribution is 2.35. The second-order valence-electron chi connectivity index (χ2n) is 3.79. The molecule has 0 radical (unpaired) electrons. The molecule has 2 heterocycles. The molecule has 1 aliphatic rings. The van der Waals surface area contributed by atoms with Crippen molar-refractivity contribution in [3.05, 3.63) is 36.1 Å². The lowest BCUT2D eigenvalue weighted by atomic mass is 10.3. The molecular weight excluding hydrogens is 272 g/mol. The topological polar surface area (TPSA) is 82.8 Å². The molecule has 7 heteroatoms. The van der Waals surface area contributed by atoms with Gasteiger partial charge in [0.2, 0.25) is 21.7 Å². The Morgan fingerprint density at radius 1 is 1.05 bits per heavy atom. The second kappa shape index (κ2) is 4.13. The third-order valence-electron chi connectivity index (χ3n) is 2.64. The van der Waals surface area contributed by atoms with Crippen LogP contribution in [-0.2, 0) is 9.84 Å². The molecule has 6 nitrogen and oxygen atoms in total. The third kappa shape index (κ3) is 1.88. The van der Waals surface area contributed by atoms with Crippen LogP contribution in [0.3, 0.4) is 0 Å². The Labute approximate surface area is 108 Å². The van der Waals surface area contributed by atoms with Crippen LogP contribution in [0, 0.1) is 0 Å². The smallest absolute Gasteiger partial charge is 0.239 e. The predicted octanol–water partition coefficient (Wildman–Crippen LogP) is 1.65. The van der Waals surface area contributed by atoms with Crippen molar-refractivity contribution in [2.24, 2.45) is 0 Å². The van der Waals surface area contributed by atoms with Crippen molar-refractivity contribution in [2.75, 3.05) is 6.79 Å². The molecule has 0 spiro atoms. The monoisotopic (exact) mass is 280 g/mol. The van der Waals surface area contributed by atoms with Gasteiger partial charge in [0.05, 0.1) is 4.90 Å². The van der Waals surface area contributed by atoms with Crippen LogP contribution in [0.25, 0.3) is 0 Å². The molecule has 0 atom stereocenters. The standard InChI is InChI=1S/C12H8O6S/c13-6-8-1-4-12(18-8)19(14,15)9-2-3-10-11(5-9)17-7-16-10/h1-6H,7H2. The van der Waals surface area contributed by atoms with Crippen LogP contribution >= 0.6 is 0 Å². The van der Waals surface area contributed by atoms with E-state index in [0.717, 1.165) is 0 Å². The van der Waals surface area contributed by atoms with Crippen LogP contribution in [0.5, 0.6) is 11.5 Å². The van der Waals surface area contributed by atoms with E-state index in [-0.39, 0.29) is 22.5 Å². The fourth-order valence-electron chi connectivity index (χ4n) is 1.70. The van der Waals surface area contributed by atoms with Gasteiger partial charge in [-0.1, -0.05) is 0 Å². The van der Waals surface area contributed by atoms with Gasteiger partial charge in [-0.25, -0.2) is 8.42 Å². The zero-order chi connectivity index (χ0) is 13.5. The van der Waals surface area contributed by atoms with Gasteiger partial charge in [0.15, 0.2) is 23.5 Å². The summed E-state index contributed by atoms with van der Waals surface area (Å²) in [5.74, 6) is 0.814. The molecule has 0 saturated heterocycles. The Morgan fingerprint density at radius 3 is 2.58 bits per heavy atom. The highest BCUT2D eigenvalue weighted by Gasteiger charge is 2.25. The van der Waals surface area contributed by atoms with Crippen molar-refractivity contribution < 1.29 is 27.1 Å². The zero-order valence-corrected chi connectivity index (χ0v) is 10.3. The summed E-state index contributed by atoms with van der Waals surface area (Å²) in [5.41, 5.74) is 0. The Bertz CT molecular complexity index is 743.